The molecule has 0 unspecified atom stereocenters. The summed E-state index contributed by atoms with van der Waals surface area (Å²) in [6.45, 7) is 4.18. The topological polar surface area (TPSA) is 73.9 Å². The Morgan fingerprint density at radius 1 is 0.733 bits per heavy atom. The lowest BCUT2D eigenvalue weighted by atomic mass is 10.3. The Labute approximate surface area is 91.5 Å². The van der Waals surface area contributed by atoms with E-state index in [1.54, 1.807) is 0 Å². The molecule has 0 saturated heterocycles. The summed E-state index contributed by atoms with van der Waals surface area (Å²) in [4.78, 5) is 0. The maximum Gasteiger partial charge on any atom is 0.0701 e. The number of ether oxygens (including phenoxy) is 3. The smallest absolute Gasteiger partial charge is 0.0701 e. The second-order valence-electron chi connectivity index (χ2n) is 3.06. The van der Waals surface area contributed by atoms with Crippen LogP contribution < -0.4 is 5.73 Å². The SMILES string of the molecule is NCCCCOCCOCCOCCO. The standard InChI is InChI=1S/C10H23NO4/c11-3-1-2-5-13-7-9-15-10-8-14-6-4-12/h12H,1-11H2. The Bertz CT molecular complexity index is 102. The molecule has 0 heterocycles. The summed E-state index contributed by atoms with van der Waals surface area (Å²) in [5, 5.41) is 8.42. The van der Waals surface area contributed by atoms with Crippen LogP contribution in [0.4, 0.5) is 0 Å². The fourth-order valence-electron chi connectivity index (χ4n) is 0.955. The molecule has 0 bridgehead atoms. The Hall–Kier alpha value is -0.200. The van der Waals surface area contributed by atoms with Crippen molar-refractivity contribution in [2.75, 3.05) is 52.8 Å². The number of unbranched alkanes of at least 4 members (excludes halogenated alkanes) is 1. The molecule has 92 valence electrons. The normalized spacial score (nSPS) is 10.8. The number of rotatable bonds is 12. The van der Waals surface area contributed by atoms with Gasteiger partial charge in [-0.3, -0.25) is 0 Å². The van der Waals surface area contributed by atoms with Gasteiger partial charge in [-0.2, -0.15) is 0 Å². The number of aliphatic hydroxyl groups is 1. The monoisotopic (exact) mass is 221 g/mol. The molecule has 0 radical (unpaired) electrons. The van der Waals surface area contributed by atoms with Gasteiger partial charge in [0.05, 0.1) is 39.6 Å². The largest absolute Gasteiger partial charge is 0.394 e. The molecule has 15 heavy (non-hydrogen) atoms. The van der Waals surface area contributed by atoms with Gasteiger partial charge in [0, 0.05) is 6.61 Å². The van der Waals surface area contributed by atoms with Crippen molar-refractivity contribution in [2.45, 2.75) is 12.8 Å². The van der Waals surface area contributed by atoms with Crippen molar-refractivity contribution in [3.8, 4) is 0 Å². The van der Waals surface area contributed by atoms with E-state index in [1.807, 2.05) is 0 Å². The molecular formula is C10H23NO4. The van der Waals surface area contributed by atoms with E-state index < -0.39 is 0 Å². The van der Waals surface area contributed by atoms with Crippen molar-refractivity contribution in [2.24, 2.45) is 5.73 Å². The molecule has 0 fully saturated rings. The van der Waals surface area contributed by atoms with Crippen LogP contribution in [0.15, 0.2) is 0 Å². The van der Waals surface area contributed by atoms with E-state index in [-0.39, 0.29) is 6.61 Å². The minimum Gasteiger partial charge on any atom is -0.394 e. The van der Waals surface area contributed by atoms with Gasteiger partial charge in [-0.1, -0.05) is 0 Å². The van der Waals surface area contributed by atoms with Gasteiger partial charge in [0.15, 0.2) is 0 Å². The summed E-state index contributed by atoms with van der Waals surface area (Å²) in [6.07, 6.45) is 2.02. The Morgan fingerprint density at radius 2 is 1.27 bits per heavy atom. The van der Waals surface area contributed by atoms with Crippen LogP contribution in [0, 0.1) is 0 Å². The van der Waals surface area contributed by atoms with Crippen LogP contribution in [-0.4, -0.2) is 57.9 Å². The zero-order valence-electron chi connectivity index (χ0n) is 9.32. The number of aliphatic hydroxyl groups excluding tert-OH is 1. The van der Waals surface area contributed by atoms with Crippen LogP contribution in [0.25, 0.3) is 0 Å². The zero-order valence-corrected chi connectivity index (χ0v) is 9.32. The third-order valence-corrected chi connectivity index (χ3v) is 1.72. The van der Waals surface area contributed by atoms with Crippen LogP contribution in [-0.2, 0) is 14.2 Å². The van der Waals surface area contributed by atoms with Crippen molar-refractivity contribution in [1.82, 2.24) is 0 Å². The minimum atomic E-state index is 0.0598. The molecule has 5 heteroatoms. The molecule has 3 N–H and O–H groups in total. The molecule has 0 aliphatic rings. The molecule has 0 aromatic rings. The summed E-state index contributed by atoms with van der Waals surface area (Å²) < 4.78 is 15.5. The van der Waals surface area contributed by atoms with E-state index in [0.29, 0.717) is 33.0 Å². The average Bonchev–Trinajstić information content (AvgIpc) is 2.26. The van der Waals surface area contributed by atoms with Crippen LogP contribution in [0.1, 0.15) is 12.8 Å². The first-order valence-electron chi connectivity index (χ1n) is 5.46. The van der Waals surface area contributed by atoms with Crippen LogP contribution in [0.3, 0.4) is 0 Å². The van der Waals surface area contributed by atoms with Gasteiger partial charge in [0.2, 0.25) is 0 Å². The van der Waals surface area contributed by atoms with Crippen LogP contribution in [0.5, 0.6) is 0 Å². The third kappa shape index (κ3) is 13.8. The fraction of sp³-hybridized carbons (Fsp3) is 1.00. The van der Waals surface area contributed by atoms with E-state index in [0.717, 1.165) is 26.0 Å². The maximum atomic E-state index is 8.42. The molecule has 0 atom stereocenters. The molecular weight excluding hydrogens is 198 g/mol. The summed E-state index contributed by atoms with van der Waals surface area (Å²) >= 11 is 0. The van der Waals surface area contributed by atoms with E-state index >= 15 is 0 Å². The maximum absolute atomic E-state index is 8.42. The molecule has 0 aliphatic heterocycles. The van der Waals surface area contributed by atoms with E-state index in [1.165, 1.54) is 0 Å². The summed E-state index contributed by atoms with van der Waals surface area (Å²) in [6, 6.07) is 0. The molecule has 0 aromatic carbocycles. The van der Waals surface area contributed by atoms with Crippen molar-refractivity contribution in [3.63, 3.8) is 0 Å². The highest BCUT2D eigenvalue weighted by molar-refractivity contribution is 4.39. The van der Waals surface area contributed by atoms with Gasteiger partial charge >= 0.3 is 0 Å². The lowest BCUT2D eigenvalue weighted by Gasteiger charge is -2.05. The van der Waals surface area contributed by atoms with Crippen molar-refractivity contribution in [3.05, 3.63) is 0 Å². The number of nitrogens with two attached hydrogens (primary N) is 1. The second-order valence-corrected chi connectivity index (χ2v) is 3.06. The number of hydrogen-bond donors (Lipinski definition) is 2. The summed E-state index contributed by atoms with van der Waals surface area (Å²) in [5.74, 6) is 0. The minimum absolute atomic E-state index is 0.0598. The first kappa shape index (κ1) is 14.8. The first-order chi connectivity index (χ1) is 7.41. The predicted octanol–water partition coefficient (Wildman–Crippen LogP) is -0.233. The molecule has 0 rings (SSSR count). The van der Waals surface area contributed by atoms with Gasteiger partial charge < -0.3 is 25.1 Å². The van der Waals surface area contributed by atoms with Crippen molar-refractivity contribution < 1.29 is 19.3 Å². The molecule has 0 saturated carbocycles. The molecule has 0 aromatic heterocycles. The Morgan fingerprint density at radius 3 is 1.80 bits per heavy atom. The first-order valence-corrected chi connectivity index (χ1v) is 5.46. The third-order valence-electron chi connectivity index (χ3n) is 1.72. The highest BCUT2D eigenvalue weighted by atomic mass is 16.5. The van der Waals surface area contributed by atoms with E-state index in [9.17, 15) is 0 Å². The fourth-order valence-corrected chi connectivity index (χ4v) is 0.955. The van der Waals surface area contributed by atoms with Crippen LogP contribution >= 0.6 is 0 Å². The summed E-state index contributed by atoms with van der Waals surface area (Å²) in [7, 11) is 0. The lowest BCUT2D eigenvalue weighted by molar-refractivity contribution is 0.00730. The Balaban J connectivity index is 2.81. The van der Waals surface area contributed by atoms with Gasteiger partial charge in [0.1, 0.15) is 0 Å². The lowest BCUT2D eigenvalue weighted by Crippen LogP contribution is -2.11. The molecule has 0 spiro atoms. The van der Waals surface area contributed by atoms with Gasteiger partial charge in [-0.15, -0.1) is 0 Å². The predicted molar refractivity (Wildman–Crippen MR) is 57.8 cm³/mol. The second kappa shape index (κ2) is 13.8. The molecule has 0 amide bonds. The van der Waals surface area contributed by atoms with E-state index in [4.69, 9.17) is 25.1 Å². The highest BCUT2D eigenvalue weighted by Gasteiger charge is 1.91. The summed E-state index contributed by atoms with van der Waals surface area (Å²) in [5.41, 5.74) is 5.34. The Kier molecular flexibility index (Phi) is 13.6. The van der Waals surface area contributed by atoms with Crippen LogP contribution in [0.2, 0.25) is 0 Å². The molecule has 5 nitrogen and oxygen atoms in total. The number of hydrogen-bond acceptors (Lipinski definition) is 5. The van der Waals surface area contributed by atoms with Gasteiger partial charge in [-0.05, 0) is 19.4 Å². The zero-order chi connectivity index (χ0) is 11.2. The van der Waals surface area contributed by atoms with Gasteiger partial charge in [0.25, 0.3) is 0 Å². The van der Waals surface area contributed by atoms with Crippen molar-refractivity contribution >= 4 is 0 Å². The average molecular weight is 221 g/mol. The van der Waals surface area contributed by atoms with Gasteiger partial charge in [-0.25, -0.2) is 0 Å². The van der Waals surface area contributed by atoms with Crippen molar-refractivity contribution in [1.29, 1.82) is 0 Å². The molecule has 0 aliphatic carbocycles. The quantitative estimate of drug-likeness (QED) is 0.445. The van der Waals surface area contributed by atoms with E-state index in [2.05, 4.69) is 0 Å². The highest BCUT2D eigenvalue weighted by Crippen LogP contribution is 1.87.